The van der Waals surface area contributed by atoms with E-state index in [1.165, 1.54) is 0 Å². The van der Waals surface area contributed by atoms with Gasteiger partial charge < -0.3 is 24.3 Å². The highest BCUT2D eigenvalue weighted by atomic mass is 33.1. The van der Waals surface area contributed by atoms with Gasteiger partial charge in [0, 0.05) is 97.7 Å². The van der Waals surface area contributed by atoms with Crippen LogP contribution in [0.3, 0.4) is 0 Å². The topological polar surface area (TPSA) is 90.9 Å². The van der Waals surface area contributed by atoms with E-state index in [2.05, 4.69) is 44.8 Å². The van der Waals surface area contributed by atoms with E-state index in [4.69, 9.17) is 18.9 Å². The number of aromatic nitrogens is 2. The highest BCUT2D eigenvalue weighted by molar-refractivity contribution is 8.76. The van der Waals surface area contributed by atoms with Gasteiger partial charge in [0.1, 0.15) is 41.9 Å². The first-order valence-corrected chi connectivity index (χ1v) is 20.7. The summed E-state index contributed by atoms with van der Waals surface area (Å²) in [6.07, 6.45) is 20.5. The van der Waals surface area contributed by atoms with Crippen molar-refractivity contribution in [2.24, 2.45) is 0 Å². The van der Waals surface area contributed by atoms with Crippen LogP contribution in [-0.2, 0) is 22.7 Å². The molecule has 0 aliphatic rings. The maximum Gasteiger partial charge on any atom is 0.220 e. The largest absolute Gasteiger partial charge is 0.497 e. The number of benzene rings is 2. The minimum atomic E-state index is 0.0801. The highest BCUT2D eigenvalue weighted by Gasteiger charge is 2.08. The molecule has 0 atom stereocenters. The van der Waals surface area contributed by atoms with Gasteiger partial charge in [-0.3, -0.25) is 9.59 Å². The zero-order chi connectivity index (χ0) is 38.4. The van der Waals surface area contributed by atoms with Crippen LogP contribution in [-0.4, -0.2) is 58.2 Å². The normalized spacial score (nSPS) is 11.2. The molecule has 9 nitrogen and oxygen atoms in total. The Morgan fingerprint density at radius 3 is 1.57 bits per heavy atom. The zero-order valence-electron chi connectivity index (χ0n) is 31.8. The third-order valence-electron chi connectivity index (χ3n) is 8.59. The maximum atomic E-state index is 12.4. The number of carbonyl (C=O) groups is 2. The van der Waals surface area contributed by atoms with Crippen molar-refractivity contribution in [3.8, 4) is 23.0 Å². The van der Waals surface area contributed by atoms with Crippen LogP contribution in [0.5, 0.6) is 23.0 Å². The molecule has 2 aromatic carbocycles. The number of nitrogens with one attached hydrogen (secondary N) is 1. The van der Waals surface area contributed by atoms with Crippen molar-refractivity contribution in [1.29, 1.82) is 0 Å². The van der Waals surface area contributed by atoms with Crippen molar-refractivity contribution in [3.63, 3.8) is 0 Å². The molecule has 2 heterocycles. The molecule has 4 rings (SSSR count). The Morgan fingerprint density at radius 1 is 0.593 bits per heavy atom. The minimum Gasteiger partial charge on any atom is -0.497 e. The standard InChI is InChI=1S/C43H52N3O6S2/c1-49-39-17-15-36(41(32-39)51-3)13-11-34-19-26-45(27-20-34)24-5-8-38(47)9-7-30-53-54-31-23-44-43(48)10-6-25-46-28-21-35(22-29-46)12-14-37-16-18-40(50-2)33-42(37)52-4/h11-22,26-29,32-33H,5-10,23-25,30-31H2,1-4H3/q+1/p+1/b13-11+,14-12+. The number of methoxy groups -OCH3 is 4. The second kappa shape index (κ2) is 23.8. The molecule has 0 unspecified atom stereocenters. The van der Waals surface area contributed by atoms with E-state index in [0.717, 1.165) is 89.1 Å². The molecule has 2 aromatic heterocycles. The van der Waals surface area contributed by atoms with Crippen molar-refractivity contribution in [1.82, 2.24) is 5.32 Å². The van der Waals surface area contributed by atoms with Gasteiger partial charge in [-0.25, -0.2) is 9.13 Å². The summed E-state index contributed by atoms with van der Waals surface area (Å²) in [7, 11) is 10.1. The van der Waals surface area contributed by atoms with E-state index in [1.807, 2.05) is 79.4 Å². The summed E-state index contributed by atoms with van der Waals surface area (Å²) >= 11 is 0. The van der Waals surface area contributed by atoms with Gasteiger partial charge in [0.15, 0.2) is 24.8 Å². The summed E-state index contributed by atoms with van der Waals surface area (Å²) in [6, 6.07) is 19.8. The average molecular weight is 772 g/mol. The van der Waals surface area contributed by atoms with E-state index in [1.54, 1.807) is 50.0 Å². The first-order valence-electron chi connectivity index (χ1n) is 18.2. The fourth-order valence-electron chi connectivity index (χ4n) is 5.51. The van der Waals surface area contributed by atoms with Gasteiger partial charge in [0.25, 0.3) is 0 Å². The summed E-state index contributed by atoms with van der Waals surface area (Å²) < 4.78 is 25.7. The van der Waals surface area contributed by atoms with Crippen LogP contribution < -0.4 is 33.4 Å². The molecule has 0 radical (unpaired) electrons. The molecule has 1 amide bonds. The van der Waals surface area contributed by atoms with E-state index < -0.39 is 0 Å². The van der Waals surface area contributed by atoms with Gasteiger partial charge >= 0.3 is 0 Å². The Hall–Kier alpha value is -4.74. The molecule has 0 fully saturated rings. The fraction of sp³-hybridized carbons (Fsp3) is 0.349. The molecule has 0 aliphatic heterocycles. The third kappa shape index (κ3) is 14.9. The van der Waals surface area contributed by atoms with Crippen molar-refractivity contribution >= 4 is 57.6 Å². The lowest BCUT2D eigenvalue weighted by molar-refractivity contribution is -0.697. The van der Waals surface area contributed by atoms with E-state index >= 15 is 0 Å². The van der Waals surface area contributed by atoms with Crippen LogP contribution in [0.1, 0.15) is 60.8 Å². The molecule has 0 saturated carbocycles. The van der Waals surface area contributed by atoms with Crippen LogP contribution in [0.25, 0.3) is 24.3 Å². The third-order valence-corrected chi connectivity index (χ3v) is 11.1. The highest BCUT2D eigenvalue weighted by Crippen LogP contribution is 2.27. The minimum absolute atomic E-state index is 0.0801. The molecule has 286 valence electrons. The van der Waals surface area contributed by atoms with Crippen LogP contribution in [0.4, 0.5) is 0 Å². The van der Waals surface area contributed by atoms with Gasteiger partial charge in [-0.05, 0) is 41.8 Å². The number of carbonyl (C=O) groups excluding carboxylic acids is 2. The number of rotatable bonds is 24. The Labute approximate surface area is 328 Å². The van der Waals surface area contributed by atoms with E-state index in [0.29, 0.717) is 31.6 Å². The number of ether oxygens (including phenoxy) is 4. The molecule has 1 N–H and O–H groups in total. The second-order valence-electron chi connectivity index (χ2n) is 12.5. The predicted octanol–water partition coefficient (Wildman–Crippen LogP) is 7.74. The molecule has 11 heteroatoms. The Kier molecular flexibility index (Phi) is 18.5. The van der Waals surface area contributed by atoms with Crippen molar-refractivity contribution in [2.75, 3.05) is 46.5 Å². The molecule has 4 aromatic rings. The molecule has 54 heavy (non-hydrogen) atoms. The zero-order valence-corrected chi connectivity index (χ0v) is 33.5. The summed E-state index contributed by atoms with van der Waals surface area (Å²) in [5.74, 6) is 5.21. The lowest BCUT2D eigenvalue weighted by Crippen LogP contribution is -2.34. The maximum absolute atomic E-state index is 12.4. The van der Waals surface area contributed by atoms with Crippen LogP contribution in [0.2, 0.25) is 0 Å². The molecule has 0 spiro atoms. The number of aryl methyl sites for hydroxylation is 2. The van der Waals surface area contributed by atoms with Crippen molar-refractivity contribution < 1.29 is 37.7 Å². The Bertz CT molecular complexity index is 1680. The van der Waals surface area contributed by atoms with Gasteiger partial charge in [-0.1, -0.05) is 45.9 Å². The van der Waals surface area contributed by atoms with Gasteiger partial charge in [0.2, 0.25) is 5.91 Å². The average Bonchev–Trinajstić information content (AvgIpc) is 3.21. The number of hydrogen-bond acceptors (Lipinski definition) is 8. The van der Waals surface area contributed by atoms with Crippen molar-refractivity contribution in [2.45, 2.75) is 51.6 Å². The number of amides is 1. The second-order valence-corrected chi connectivity index (χ2v) is 15.2. The van der Waals surface area contributed by atoms with Crippen LogP contribution in [0.15, 0.2) is 85.5 Å². The molecule has 0 bridgehead atoms. The quantitative estimate of drug-likeness (QED) is 0.0440. The first-order chi connectivity index (χ1) is 26.4. The number of pyridine rings is 2. The van der Waals surface area contributed by atoms with Crippen LogP contribution >= 0.6 is 21.6 Å². The summed E-state index contributed by atoms with van der Waals surface area (Å²) in [5, 5.41) is 3.02. The van der Waals surface area contributed by atoms with E-state index in [9.17, 15) is 9.59 Å². The van der Waals surface area contributed by atoms with Gasteiger partial charge in [-0.2, -0.15) is 0 Å². The lowest BCUT2D eigenvalue weighted by Gasteiger charge is -2.07. The summed E-state index contributed by atoms with van der Waals surface area (Å²) in [6.45, 7) is 2.24. The van der Waals surface area contributed by atoms with Gasteiger partial charge in [0.05, 0.1) is 28.4 Å². The molecule has 0 saturated heterocycles. The lowest BCUT2D eigenvalue weighted by atomic mass is 10.1. The number of ketones is 1. The number of nitrogens with zero attached hydrogens (tertiary/aromatic N) is 2. The fourth-order valence-corrected chi connectivity index (χ4v) is 7.51. The van der Waals surface area contributed by atoms with Crippen molar-refractivity contribution in [3.05, 3.63) is 108 Å². The smallest absolute Gasteiger partial charge is 0.220 e. The molecular weight excluding hydrogens is 719 g/mol. The summed E-state index contributed by atoms with van der Waals surface area (Å²) in [4.78, 5) is 24.7. The first kappa shape index (κ1) is 42.0. The summed E-state index contributed by atoms with van der Waals surface area (Å²) in [5.41, 5.74) is 4.12. The Morgan fingerprint density at radius 2 is 1.07 bits per heavy atom. The predicted molar refractivity (Wildman–Crippen MR) is 221 cm³/mol. The number of hydrogen-bond donors (Lipinski definition) is 1. The molecule has 0 aliphatic carbocycles. The Balaban J connectivity index is 0.988. The van der Waals surface area contributed by atoms with E-state index in [-0.39, 0.29) is 5.91 Å². The van der Waals surface area contributed by atoms with Gasteiger partial charge in [-0.15, -0.1) is 0 Å². The molecular formula is C43H53N3O6S2+2. The SMILES string of the molecule is COc1ccc(/C=C/c2cc[n+](CCCC(=O)CCCSSCCNC(=O)CCC[n+]3ccc(/C=C/c4ccc(OC)cc4OC)cc3)cc2)c(OC)c1. The van der Waals surface area contributed by atoms with Crippen LogP contribution in [0, 0.1) is 0 Å². The number of Topliss-reactive ketones (excluding diaryl/α,β-unsaturated/α-hetero) is 1. The monoisotopic (exact) mass is 771 g/mol.